The molecule has 0 aliphatic carbocycles. The van der Waals surface area contributed by atoms with Crippen molar-refractivity contribution in [3.05, 3.63) is 112 Å². The van der Waals surface area contributed by atoms with Crippen LogP contribution in [0.25, 0.3) is 0 Å². The molecule has 54 heavy (non-hydrogen) atoms. The number of aromatic hydroxyl groups is 1. The number of para-hydroxylation sites is 1. The summed E-state index contributed by atoms with van der Waals surface area (Å²) in [6, 6.07) is 23.5. The standard InChI is InChI=1S/C43H54ClN3O7/c1-9-40(3,4)30-23-24-33(32(27-30)41(5,6)10-2)53-25-17-22-35(48)45-28-42(7,8)37(50)43(44,38(51)46-31-20-15-12-16-21-31)47-36(49)34(54-39(47)52)26-29-18-13-11-14-19-29/h11-16,18-21,23-24,27,49H,9-10,17,22,25-26,28H2,1-8H3,(H,45,48)(H,46,51). The first kappa shape index (κ1) is 41.9. The summed E-state index contributed by atoms with van der Waals surface area (Å²) in [6.07, 6.45) is 2.46. The lowest BCUT2D eigenvalue weighted by Crippen LogP contribution is -2.56. The van der Waals surface area contributed by atoms with E-state index in [0.717, 1.165) is 24.2 Å². The minimum Gasteiger partial charge on any atom is -0.493 e. The van der Waals surface area contributed by atoms with Gasteiger partial charge in [-0.3, -0.25) is 14.4 Å². The maximum absolute atomic E-state index is 14.4. The van der Waals surface area contributed by atoms with Gasteiger partial charge in [-0.25, -0.2) is 9.36 Å². The van der Waals surface area contributed by atoms with Crippen LogP contribution in [-0.4, -0.2) is 40.4 Å². The molecule has 0 saturated heterocycles. The first-order valence-electron chi connectivity index (χ1n) is 18.5. The zero-order chi connectivity index (χ0) is 39.9. The second-order valence-corrected chi connectivity index (χ2v) is 16.2. The molecule has 1 aromatic heterocycles. The molecule has 2 amide bonds. The highest BCUT2D eigenvalue weighted by molar-refractivity contribution is 6.45. The molecule has 1 atom stereocenters. The number of oxazole rings is 1. The van der Waals surface area contributed by atoms with Gasteiger partial charge in [-0.05, 0) is 59.4 Å². The molecule has 11 heteroatoms. The number of alkyl halides is 1. The number of hydrogen-bond acceptors (Lipinski definition) is 7. The molecule has 0 aliphatic heterocycles. The van der Waals surface area contributed by atoms with Crippen molar-refractivity contribution in [2.24, 2.45) is 5.41 Å². The predicted molar refractivity (Wildman–Crippen MR) is 212 cm³/mol. The summed E-state index contributed by atoms with van der Waals surface area (Å²) in [6.45, 7) is 16.3. The average Bonchev–Trinajstić information content (AvgIpc) is 3.44. The predicted octanol–water partition coefficient (Wildman–Crippen LogP) is 8.21. The Morgan fingerprint density at radius 2 is 1.48 bits per heavy atom. The Morgan fingerprint density at radius 3 is 2.09 bits per heavy atom. The van der Waals surface area contributed by atoms with Gasteiger partial charge >= 0.3 is 5.76 Å². The van der Waals surface area contributed by atoms with Gasteiger partial charge in [-0.15, -0.1) is 0 Å². The molecule has 1 heterocycles. The molecule has 10 nitrogen and oxygen atoms in total. The maximum atomic E-state index is 14.4. The third-order valence-corrected chi connectivity index (χ3v) is 10.9. The summed E-state index contributed by atoms with van der Waals surface area (Å²) in [5.41, 5.74) is 1.82. The zero-order valence-electron chi connectivity index (χ0n) is 32.7. The number of Topliss-reactive ketones (excluding diaryl/α,β-unsaturated/α-hetero) is 1. The summed E-state index contributed by atoms with van der Waals surface area (Å²) in [4.78, 5) is 51.9. The van der Waals surface area contributed by atoms with E-state index in [0.29, 0.717) is 28.8 Å². The van der Waals surface area contributed by atoms with Gasteiger partial charge in [0, 0.05) is 36.1 Å². The Kier molecular flexibility index (Phi) is 13.3. The van der Waals surface area contributed by atoms with E-state index in [1.165, 1.54) is 19.4 Å². The molecule has 3 N–H and O–H groups in total. The lowest BCUT2D eigenvalue weighted by molar-refractivity contribution is -0.139. The fourth-order valence-corrected chi connectivity index (χ4v) is 6.42. The van der Waals surface area contributed by atoms with E-state index in [1.807, 2.05) is 12.1 Å². The molecule has 0 spiro atoms. The molecule has 1 unspecified atom stereocenters. The van der Waals surface area contributed by atoms with E-state index in [1.54, 1.807) is 54.6 Å². The first-order chi connectivity index (χ1) is 25.4. The number of ether oxygens (including phenoxy) is 1. The minimum atomic E-state index is -2.79. The smallest absolute Gasteiger partial charge is 0.424 e. The average molecular weight is 760 g/mol. The Morgan fingerprint density at radius 1 is 0.870 bits per heavy atom. The Bertz CT molecular complexity index is 1980. The van der Waals surface area contributed by atoms with E-state index >= 15 is 0 Å². The van der Waals surface area contributed by atoms with Crippen molar-refractivity contribution in [1.29, 1.82) is 0 Å². The number of nitrogens with zero attached hydrogens (tertiary/aromatic N) is 1. The van der Waals surface area contributed by atoms with E-state index < -0.39 is 33.7 Å². The van der Waals surface area contributed by atoms with Crippen LogP contribution in [0.4, 0.5) is 5.69 Å². The Hall–Kier alpha value is -4.83. The number of carbonyl (C=O) groups is 3. The molecule has 0 aliphatic rings. The van der Waals surface area contributed by atoms with Crippen molar-refractivity contribution >= 4 is 34.9 Å². The number of anilines is 1. The van der Waals surface area contributed by atoms with E-state index in [2.05, 4.69) is 64.3 Å². The van der Waals surface area contributed by atoms with Crippen LogP contribution in [0.3, 0.4) is 0 Å². The van der Waals surface area contributed by atoms with Crippen LogP contribution >= 0.6 is 11.6 Å². The number of rotatable bonds is 18. The molecule has 4 aromatic rings. The fraction of sp³-hybridized carbons (Fsp3) is 0.442. The lowest BCUT2D eigenvalue weighted by Gasteiger charge is -2.33. The third-order valence-electron chi connectivity index (χ3n) is 10.4. The van der Waals surface area contributed by atoms with Gasteiger partial charge in [-0.2, -0.15) is 0 Å². The normalized spacial score (nSPS) is 13.2. The third kappa shape index (κ3) is 9.45. The van der Waals surface area contributed by atoms with Crippen molar-refractivity contribution in [2.45, 2.75) is 103 Å². The highest BCUT2D eigenvalue weighted by Gasteiger charge is 2.55. The highest BCUT2D eigenvalue weighted by atomic mass is 35.5. The summed E-state index contributed by atoms with van der Waals surface area (Å²) in [7, 11) is 0. The van der Waals surface area contributed by atoms with Crippen molar-refractivity contribution < 1.29 is 28.6 Å². The second-order valence-electron chi connectivity index (χ2n) is 15.7. The van der Waals surface area contributed by atoms with E-state index in [-0.39, 0.29) is 41.9 Å². The summed E-state index contributed by atoms with van der Waals surface area (Å²) < 4.78 is 12.1. The lowest BCUT2D eigenvalue weighted by atomic mass is 9.76. The van der Waals surface area contributed by atoms with Crippen LogP contribution in [0.5, 0.6) is 11.6 Å². The number of amides is 2. The number of aromatic nitrogens is 1. The number of hydrogen-bond donors (Lipinski definition) is 3. The van der Waals surface area contributed by atoms with Gasteiger partial charge in [-0.1, -0.05) is 128 Å². The quantitative estimate of drug-likeness (QED) is 0.0528. The van der Waals surface area contributed by atoms with Crippen LogP contribution in [0.2, 0.25) is 0 Å². The fourth-order valence-electron chi connectivity index (χ4n) is 5.97. The van der Waals surface area contributed by atoms with Crippen LogP contribution in [0.15, 0.2) is 88.1 Å². The maximum Gasteiger partial charge on any atom is 0.424 e. The largest absolute Gasteiger partial charge is 0.493 e. The van der Waals surface area contributed by atoms with Crippen molar-refractivity contribution in [3.63, 3.8) is 0 Å². The van der Waals surface area contributed by atoms with E-state index in [4.69, 9.17) is 20.8 Å². The SMILES string of the molecule is CCC(C)(C)c1ccc(OCCCC(=O)NCC(C)(C)C(=O)C(Cl)(C(=O)Nc2ccccc2)n2c(O)c(Cc3ccccc3)oc2=O)c(C(C)(C)CC)c1. The van der Waals surface area contributed by atoms with Crippen molar-refractivity contribution in [2.75, 3.05) is 18.5 Å². The van der Waals surface area contributed by atoms with Gasteiger partial charge in [0.1, 0.15) is 5.75 Å². The number of nitrogens with one attached hydrogen (secondary N) is 2. The molecular weight excluding hydrogens is 706 g/mol. The van der Waals surface area contributed by atoms with Crippen LogP contribution in [-0.2, 0) is 36.6 Å². The number of ketones is 1. The molecule has 0 bridgehead atoms. The number of benzene rings is 3. The summed E-state index contributed by atoms with van der Waals surface area (Å²) >= 11 is 6.95. The van der Waals surface area contributed by atoms with Crippen molar-refractivity contribution in [1.82, 2.24) is 9.88 Å². The van der Waals surface area contributed by atoms with E-state index in [9.17, 15) is 24.3 Å². The zero-order valence-corrected chi connectivity index (χ0v) is 33.4. The molecule has 0 radical (unpaired) electrons. The molecule has 4 rings (SSSR count). The van der Waals surface area contributed by atoms with Gasteiger partial charge < -0.3 is 24.9 Å². The highest BCUT2D eigenvalue weighted by Crippen LogP contribution is 2.39. The molecular formula is C43H54ClN3O7. The van der Waals surface area contributed by atoms with Crippen LogP contribution in [0, 0.1) is 5.41 Å². The Labute approximate surface area is 323 Å². The molecule has 3 aromatic carbocycles. The second kappa shape index (κ2) is 17.1. The molecule has 290 valence electrons. The molecule has 0 saturated carbocycles. The van der Waals surface area contributed by atoms with Gasteiger partial charge in [0.05, 0.1) is 6.61 Å². The van der Waals surface area contributed by atoms with Crippen LogP contribution in [0.1, 0.15) is 104 Å². The summed E-state index contributed by atoms with van der Waals surface area (Å²) in [5, 5.41) is 16.6. The number of carbonyl (C=O) groups excluding carboxylic acids is 3. The topological polar surface area (TPSA) is 140 Å². The summed E-state index contributed by atoms with van der Waals surface area (Å²) in [5.74, 6) is -3.70. The Balaban J connectivity index is 1.49. The van der Waals surface area contributed by atoms with Crippen LogP contribution < -0.4 is 21.1 Å². The van der Waals surface area contributed by atoms with Crippen molar-refractivity contribution in [3.8, 4) is 11.6 Å². The molecule has 0 fully saturated rings. The van der Waals surface area contributed by atoms with Gasteiger partial charge in [0.25, 0.3) is 10.9 Å². The first-order valence-corrected chi connectivity index (χ1v) is 18.9. The van der Waals surface area contributed by atoms with Gasteiger partial charge in [0.2, 0.25) is 11.8 Å². The number of halogens is 1. The minimum absolute atomic E-state index is 0.000433. The van der Waals surface area contributed by atoms with Gasteiger partial charge in [0.15, 0.2) is 11.5 Å². The monoisotopic (exact) mass is 759 g/mol.